The fraction of sp³-hybridized carbons (Fsp3) is 0.154. The molecule has 1 aromatic heterocycles. The van der Waals surface area contributed by atoms with Gasteiger partial charge >= 0.3 is 0 Å². The van der Waals surface area contributed by atoms with Crippen LogP contribution in [0, 0.1) is 27.6 Å². The van der Waals surface area contributed by atoms with E-state index in [2.05, 4.69) is 38.6 Å². The molecule has 0 atom stereocenters. The zero-order chi connectivity index (χ0) is 23.4. The van der Waals surface area contributed by atoms with Crippen molar-refractivity contribution in [3.8, 4) is 17.6 Å². The van der Waals surface area contributed by atoms with Gasteiger partial charge in [-0.2, -0.15) is 5.26 Å². The van der Waals surface area contributed by atoms with E-state index in [0.29, 0.717) is 29.5 Å². The van der Waals surface area contributed by atoms with Crippen LogP contribution in [0.2, 0.25) is 0 Å². The van der Waals surface area contributed by atoms with Crippen LogP contribution in [0.4, 0.5) is 4.39 Å². The second-order valence-electron chi connectivity index (χ2n) is 7.46. The monoisotopic (exact) mass is 553 g/mol. The smallest absolute Gasteiger partial charge is 0.175 e. The molecule has 4 rings (SSSR count). The van der Waals surface area contributed by atoms with Gasteiger partial charge in [-0.3, -0.25) is 0 Å². The van der Waals surface area contributed by atoms with Crippen molar-refractivity contribution in [2.45, 2.75) is 20.5 Å². The minimum Gasteiger partial charge on any atom is -0.490 e. The van der Waals surface area contributed by atoms with Crippen LogP contribution in [-0.2, 0) is 6.61 Å². The van der Waals surface area contributed by atoms with Gasteiger partial charge in [0.2, 0.25) is 0 Å². The maximum Gasteiger partial charge on any atom is 0.175 e. The van der Waals surface area contributed by atoms with E-state index in [0.717, 1.165) is 31.3 Å². The summed E-state index contributed by atoms with van der Waals surface area (Å²) in [6.07, 6.45) is 1.77. The number of H-pyrrole nitrogens is 1. The van der Waals surface area contributed by atoms with Gasteiger partial charge in [0.1, 0.15) is 24.3 Å². The van der Waals surface area contributed by atoms with Gasteiger partial charge in [0.25, 0.3) is 0 Å². The van der Waals surface area contributed by atoms with Crippen molar-refractivity contribution in [1.29, 1.82) is 5.26 Å². The Bertz CT molecular complexity index is 1390. The molecule has 0 amide bonds. The first-order chi connectivity index (χ1) is 16.0. The number of allylic oxidation sites excluding steroid dienone is 1. The van der Waals surface area contributed by atoms with E-state index in [-0.39, 0.29) is 12.4 Å². The zero-order valence-corrected chi connectivity index (χ0v) is 20.3. The largest absolute Gasteiger partial charge is 0.490 e. The Kier molecular flexibility index (Phi) is 6.94. The topological polar surface area (TPSA) is 70.9 Å². The lowest BCUT2D eigenvalue weighted by molar-refractivity contribution is 0.267. The Morgan fingerprint density at radius 3 is 2.79 bits per heavy atom. The predicted octanol–water partition coefficient (Wildman–Crippen LogP) is 6.66. The molecular weight excluding hydrogens is 532 g/mol. The molecule has 0 aliphatic rings. The lowest BCUT2D eigenvalue weighted by Crippen LogP contribution is -2.02. The molecule has 0 saturated heterocycles. The Morgan fingerprint density at radius 2 is 2.03 bits per heavy atom. The van der Waals surface area contributed by atoms with Gasteiger partial charge in [-0.25, -0.2) is 9.37 Å². The van der Waals surface area contributed by atoms with Crippen molar-refractivity contribution >= 4 is 45.3 Å². The predicted molar refractivity (Wildman–Crippen MR) is 135 cm³/mol. The summed E-state index contributed by atoms with van der Waals surface area (Å²) in [7, 11) is 0. The minimum absolute atomic E-state index is 0.213. The number of nitrogens with one attached hydrogen (secondary N) is 1. The highest BCUT2D eigenvalue weighted by atomic mass is 127. The van der Waals surface area contributed by atoms with Gasteiger partial charge in [-0.1, -0.05) is 18.2 Å². The number of hydrogen-bond donors (Lipinski definition) is 1. The standard InChI is InChI=1S/C26H21FIN3O2/c1-3-32-24-13-18(12-21(28)25(24)33-15-17-5-4-6-20(27)11-17)10-19(14-29)26-30-22-8-7-16(2)9-23(22)31-26/h4-13H,3,15H2,1-2H3,(H,30,31)/b19-10-. The van der Waals surface area contributed by atoms with E-state index < -0.39 is 0 Å². The number of aromatic amines is 1. The second kappa shape index (κ2) is 10.0. The van der Waals surface area contributed by atoms with Crippen LogP contribution >= 0.6 is 22.6 Å². The molecule has 1 N–H and O–H groups in total. The van der Waals surface area contributed by atoms with Crippen LogP contribution in [0.3, 0.4) is 0 Å². The van der Waals surface area contributed by atoms with Crippen molar-refractivity contribution < 1.29 is 13.9 Å². The molecular formula is C26H21FIN3O2. The van der Waals surface area contributed by atoms with E-state index in [9.17, 15) is 9.65 Å². The number of aromatic nitrogens is 2. The minimum atomic E-state index is -0.305. The van der Waals surface area contributed by atoms with Gasteiger partial charge in [0.15, 0.2) is 11.5 Å². The second-order valence-corrected chi connectivity index (χ2v) is 8.62. The third-order valence-electron chi connectivity index (χ3n) is 4.93. The molecule has 33 heavy (non-hydrogen) atoms. The first-order valence-corrected chi connectivity index (χ1v) is 11.5. The maximum atomic E-state index is 13.5. The highest BCUT2D eigenvalue weighted by Gasteiger charge is 2.14. The number of aryl methyl sites for hydroxylation is 1. The van der Waals surface area contributed by atoms with Gasteiger partial charge in [-0.05, 0) is 95.6 Å². The lowest BCUT2D eigenvalue weighted by Gasteiger charge is -2.15. The maximum absolute atomic E-state index is 13.5. The van der Waals surface area contributed by atoms with Gasteiger partial charge in [0, 0.05) is 0 Å². The number of nitrogens with zero attached hydrogens (tertiary/aromatic N) is 2. The molecule has 0 spiro atoms. The summed E-state index contributed by atoms with van der Waals surface area (Å²) in [6, 6.07) is 18.2. The third-order valence-corrected chi connectivity index (χ3v) is 5.73. The molecule has 0 aliphatic carbocycles. The van der Waals surface area contributed by atoms with E-state index in [1.165, 1.54) is 12.1 Å². The summed E-state index contributed by atoms with van der Waals surface area (Å²) in [5.41, 5.74) is 4.73. The molecule has 1 heterocycles. The molecule has 0 saturated carbocycles. The van der Waals surface area contributed by atoms with Crippen molar-refractivity contribution in [3.05, 3.63) is 86.5 Å². The number of imidazole rings is 1. The molecule has 0 aliphatic heterocycles. The molecule has 4 aromatic rings. The van der Waals surface area contributed by atoms with Crippen molar-refractivity contribution in [3.63, 3.8) is 0 Å². The van der Waals surface area contributed by atoms with Crippen LogP contribution < -0.4 is 9.47 Å². The van der Waals surface area contributed by atoms with E-state index in [1.54, 1.807) is 18.2 Å². The normalized spacial score (nSPS) is 11.4. The molecule has 5 nitrogen and oxygen atoms in total. The Labute approximate surface area is 205 Å². The van der Waals surface area contributed by atoms with Crippen molar-refractivity contribution in [1.82, 2.24) is 9.97 Å². The van der Waals surface area contributed by atoms with Crippen molar-refractivity contribution in [2.75, 3.05) is 6.61 Å². The van der Waals surface area contributed by atoms with E-state index in [4.69, 9.17) is 9.47 Å². The molecule has 0 unspecified atom stereocenters. The first-order valence-electron chi connectivity index (χ1n) is 10.4. The van der Waals surface area contributed by atoms with Crippen LogP contribution in [-0.4, -0.2) is 16.6 Å². The van der Waals surface area contributed by atoms with Gasteiger partial charge in [0.05, 0.1) is 26.8 Å². The zero-order valence-electron chi connectivity index (χ0n) is 18.2. The summed E-state index contributed by atoms with van der Waals surface area (Å²) in [6.45, 7) is 4.57. The summed E-state index contributed by atoms with van der Waals surface area (Å²) in [5.74, 6) is 1.35. The Balaban J connectivity index is 1.66. The average molecular weight is 553 g/mol. The molecule has 0 fully saturated rings. The van der Waals surface area contributed by atoms with E-state index in [1.807, 2.05) is 44.2 Å². The molecule has 0 radical (unpaired) electrons. The quantitative estimate of drug-likeness (QED) is 0.205. The summed E-state index contributed by atoms with van der Waals surface area (Å²) in [5, 5.41) is 9.78. The van der Waals surface area contributed by atoms with Crippen LogP contribution in [0.15, 0.2) is 54.6 Å². The summed E-state index contributed by atoms with van der Waals surface area (Å²) >= 11 is 2.17. The number of hydrogen-bond acceptors (Lipinski definition) is 4. The summed E-state index contributed by atoms with van der Waals surface area (Å²) < 4.78 is 26.1. The third kappa shape index (κ3) is 5.34. The van der Waals surface area contributed by atoms with Crippen molar-refractivity contribution in [2.24, 2.45) is 0 Å². The molecule has 166 valence electrons. The van der Waals surface area contributed by atoms with Gasteiger partial charge < -0.3 is 14.5 Å². The Morgan fingerprint density at radius 1 is 1.18 bits per heavy atom. The fourth-order valence-corrected chi connectivity index (χ4v) is 4.21. The molecule has 0 bridgehead atoms. The SMILES string of the molecule is CCOc1cc(/C=C(/C#N)c2nc3ccc(C)cc3[nH]2)cc(I)c1OCc1cccc(F)c1. The van der Waals surface area contributed by atoms with Crippen LogP contribution in [0.5, 0.6) is 11.5 Å². The van der Waals surface area contributed by atoms with Crippen LogP contribution in [0.1, 0.15) is 29.4 Å². The summed E-state index contributed by atoms with van der Waals surface area (Å²) in [4.78, 5) is 7.78. The van der Waals surface area contributed by atoms with E-state index >= 15 is 0 Å². The number of ether oxygens (including phenoxy) is 2. The average Bonchev–Trinajstić information content (AvgIpc) is 3.20. The molecule has 3 aromatic carbocycles. The number of nitriles is 1. The lowest BCUT2D eigenvalue weighted by atomic mass is 10.1. The van der Waals surface area contributed by atoms with Crippen LogP contribution in [0.25, 0.3) is 22.7 Å². The highest BCUT2D eigenvalue weighted by molar-refractivity contribution is 14.1. The number of fused-ring (bicyclic) bond motifs is 1. The van der Waals surface area contributed by atoms with Gasteiger partial charge in [-0.15, -0.1) is 0 Å². The molecule has 7 heteroatoms. The number of rotatable bonds is 7. The fourth-order valence-electron chi connectivity index (χ4n) is 3.43. The Hall–Kier alpha value is -3.38. The number of halogens is 2. The highest BCUT2D eigenvalue weighted by Crippen LogP contribution is 2.36. The number of benzene rings is 3. The first kappa shape index (κ1) is 22.8.